The Morgan fingerprint density at radius 1 is 1.28 bits per heavy atom. The second-order valence-corrected chi connectivity index (χ2v) is 9.59. The Hall–Kier alpha value is -3.76. The van der Waals surface area contributed by atoms with Crippen molar-refractivity contribution in [2.75, 3.05) is 6.61 Å². The molecule has 36 heavy (non-hydrogen) atoms. The van der Waals surface area contributed by atoms with E-state index in [0.29, 0.717) is 22.4 Å². The molecule has 3 N–H and O–H groups in total. The van der Waals surface area contributed by atoms with Gasteiger partial charge in [0.1, 0.15) is 12.4 Å². The van der Waals surface area contributed by atoms with Crippen LogP contribution >= 0.6 is 0 Å². The normalized spacial score (nSPS) is 19.4. The Morgan fingerprint density at radius 2 is 2.06 bits per heavy atom. The number of aromatic nitrogens is 3. The number of alkyl halides is 2. The second kappa shape index (κ2) is 9.03. The molecule has 0 spiro atoms. The van der Waals surface area contributed by atoms with Gasteiger partial charge in [-0.15, -0.1) is 0 Å². The third-order valence-corrected chi connectivity index (χ3v) is 6.53. The number of carbonyl (C=O) groups excluding carboxylic acids is 2. The monoisotopic (exact) mass is 499 g/mol. The minimum Gasteiger partial charge on any atom is -0.490 e. The molecule has 1 aliphatic carbocycles. The fraction of sp³-hybridized carbons (Fsp3) is 0.440. The summed E-state index contributed by atoms with van der Waals surface area (Å²) < 4.78 is 40.9. The maximum Gasteiger partial charge on any atom is 0.326 e. The van der Waals surface area contributed by atoms with Crippen molar-refractivity contribution in [2.24, 2.45) is 5.73 Å². The molecule has 0 bridgehead atoms. The summed E-state index contributed by atoms with van der Waals surface area (Å²) in [6.45, 7) is 3.44. The van der Waals surface area contributed by atoms with Crippen LogP contribution < -0.4 is 20.5 Å². The average molecular weight is 500 g/mol. The van der Waals surface area contributed by atoms with Gasteiger partial charge in [-0.25, -0.2) is 4.98 Å². The average Bonchev–Trinajstić information content (AvgIpc) is 3.33. The molecule has 1 aliphatic heterocycles. The summed E-state index contributed by atoms with van der Waals surface area (Å²) in [6, 6.07) is 2.76. The van der Waals surface area contributed by atoms with Crippen LogP contribution in [-0.2, 0) is 4.79 Å². The Morgan fingerprint density at radius 3 is 2.67 bits per heavy atom. The van der Waals surface area contributed by atoms with Gasteiger partial charge >= 0.3 is 5.92 Å². The molecule has 1 atom stereocenters. The zero-order valence-corrected chi connectivity index (χ0v) is 20.0. The van der Waals surface area contributed by atoms with Crippen molar-refractivity contribution in [1.29, 1.82) is 0 Å². The summed E-state index contributed by atoms with van der Waals surface area (Å²) in [4.78, 5) is 28.2. The van der Waals surface area contributed by atoms with Gasteiger partial charge in [0.2, 0.25) is 5.88 Å². The Balaban J connectivity index is 1.56. The molecule has 9 nitrogen and oxygen atoms in total. The fourth-order valence-corrected chi connectivity index (χ4v) is 4.48. The lowest BCUT2D eigenvalue weighted by atomic mass is 9.93. The molecule has 1 saturated carbocycles. The maximum absolute atomic E-state index is 13.6. The molecule has 2 aliphatic rings. The molecule has 0 radical (unpaired) electrons. The summed E-state index contributed by atoms with van der Waals surface area (Å²) in [5.41, 5.74) is 7.38. The number of nitrogens with two attached hydrogens (primary N) is 1. The zero-order chi connectivity index (χ0) is 25.6. The number of halogens is 2. The summed E-state index contributed by atoms with van der Waals surface area (Å²) in [5.74, 6) is -4.97. The van der Waals surface area contributed by atoms with Crippen molar-refractivity contribution in [1.82, 2.24) is 20.1 Å². The number of primary amides is 1. The van der Waals surface area contributed by atoms with Gasteiger partial charge in [0.15, 0.2) is 0 Å². The fourth-order valence-electron chi connectivity index (χ4n) is 4.48. The molecule has 3 heterocycles. The first kappa shape index (κ1) is 24.0. The molecule has 1 aromatic carbocycles. The lowest BCUT2D eigenvalue weighted by Gasteiger charge is -2.25. The first-order valence-corrected chi connectivity index (χ1v) is 11.9. The highest BCUT2D eigenvalue weighted by Gasteiger charge is 2.48. The van der Waals surface area contributed by atoms with Gasteiger partial charge in [0.25, 0.3) is 11.8 Å². The van der Waals surface area contributed by atoms with Gasteiger partial charge in [0.05, 0.1) is 29.9 Å². The zero-order valence-electron chi connectivity index (χ0n) is 20.0. The van der Waals surface area contributed by atoms with Crippen LogP contribution in [0.3, 0.4) is 0 Å². The standard InChI is InChI=1S/C25H27F2N5O4/c1-13(2)36-21-7-18-17(6-19(21)22(28)33)20(14-9-30-32(11-14)16-4-3-5-16)10-29-23(18)35-12-15-8-25(26,27)24(34)31-15/h6-7,9-11,13,15-16H,3-5,8,12H2,1-2H3,(H2,28,33)(H,31,34). The first-order chi connectivity index (χ1) is 17.1. The minimum absolute atomic E-state index is 0.161. The third-order valence-electron chi connectivity index (χ3n) is 6.53. The minimum atomic E-state index is -3.43. The lowest BCUT2D eigenvalue weighted by molar-refractivity contribution is -0.139. The topological polar surface area (TPSA) is 121 Å². The Bertz CT molecular complexity index is 1340. The highest BCUT2D eigenvalue weighted by atomic mass is 19.3. The summed E-state index contributed by atoms with van der Waals surface area (Å²) in [5, 5.41) is 7.88. The Labute approximate surface area is 206 Å². The van der Waals surface area contributed by atoms with Gasteiger partial charge in [-0.1, -0.05) is 0 Å². The van der Waals surface area contributed by atoms with E-state index in [4.69, 9.17) is 15.2 Å². The van der Waals surface area contributed by atoms with E-state index in [-0.39, 0.29) is 29.9 Å². The van der Waals surface area contributed by atoms with Crippen LogP contribution in [0.25, 0.3) is 21.9 Å². The number of hydrogen-bond donors (Lipinski definition) is 2. The van der Waals surface area contributed by atoms with E-state index < -0.39 is 30.2 Å². The van der Waals surface area contributed by atoms with Gasteiger partial charge in [-0.05, 0) is 50.6 Å². The van der Waals surface area contributed by atoms with Crippen LogP contribution in [0.1, 0.15) is 55.9 Å². The largest absolute Gasteiger partial charge is 0.490 e. The van der Waals surface area contributed by atoms with E-state index in [2.05, 4.69) is 15.4 Å². The second-order valence-electron chi connectivity index (χ2n) is 9.59. The van der Waals surface area contributed by atoms with Crippen molar-refractivity contribution in [3.05, 3.63) is 36.3 Å². The molecule has 11 heteroatoms. The molecular weight excluding hydrogens is 472 g/mol. The van der Waals surface area contributed by atoms with Crippen LogP contribution in [0.5, 0.6) is 11.6 Å². The smallest absolute Gasteiger partial charge is 0.326 e. The number of pyridine rings is 1. The molecule has 5 rings (SSSR count). The van der Waals surface area contributed by atoms with Gasteiger partial charge < -0.3 is 20.5 Å². The van der Waals surface area contributed by atoms with Crippen molar-refractivity contribution in [3.8, 4) is 22.8 Å². The highest BCUT2D eigenvalue weighted by Crippen LogP contribution is 2.39. The summed E-state index contributed by atoms with van der Waals surface area (Å²) in [6.07, 6.45) is 7.71. The van der Waals surface area contributed by atoms with Crippen LogP contribution in [-0.4, -0.2) is 51.3 Å². The number of benzene rings is 1. The number of carbonyl (C=O) groups is 2. The Kier molecular flexibility index (Phi) is 6.01. The summed E-state index contributed by atoms with van der Waals surface area (Å²) >= 11 is 0. The van der Waals surface area contributed by atoms with E-state index in [1.807, 2.05) is 24.7 Å². The van der Waals surface area contributed by atoms with Crippen molar-refractivity contribution in [3.63, 3.8) is 0 Å². The van der Waals surface area contributed by atoms with Gasteiger partial charge in [-0.2, -0.15) is 13.9 Å². The van der Waals surface area contributed by atoms with E-state index in [1.165, 1.54) is 6.42 Å². The van der Waals surface area contributed by atoms with Crippen molar-refractivity contribution in [2.45, 2.75) is 63.6 Å². The molecule has 2 amide bonds. The molecule has 3 aromatic rings. The predicted octanol–water partition coefficient (Wildman–Crippen LogP) is 3.61. The third kappa shape index (κ3) is 4.45. The number of amides is 2. The number of nitrogens with one attached hydrogen (secondary N) is 1. The van der Waals surface area contributed by atoms with Crippen molar-refractivity contribution >= 4 is 22.6 Å². The van der Waals surface area contributed by atoms with E-state index in [1.54, 1.807) is 24.5 Å². The lowest BCUT2D eigenvalue weighted by Crippen LogP contribution is -2.33. The van der Waals surface area contributed by atoms with Crippen LogP contribution in [0.4, 0.5) is 8.78 Å². The quantitative estimate of drug-likeness (QED) is 0.488. The van der Waals surface area contributed by atoms with E-state index >= 15 is 0 Å². The summed E-state index contributed by atoms with van der Waals surface area (Å²) in [7, 11) is 0. The molecule has 2 aromatic heterocycles. The van der Waals surface area contributed by atoms with E-state index in [9.17, 15) is 18.4 Å². The molecule has 2 fully saturated rings. The van der Waals surface area contributed by atoms with Crippen LogP contribution in [0.2, 0.25) is 0 Å². The van der Waals surface area contributed by atoms with Gasteiger partial charge in [0, 0.05) is 35.3 Å². The SMILES string of the molecule is CC(C)Oc1cc2c(OCC3CC(F)(F)C(=O)N3)ncc(-c3cnn(C4CCC4)c3)c2cc1C(N)=O. The molecule has 190 valence electrons. The van der Waals surface area contributed by atoms with Gasteiger partial charge in [-0.3, -0.25) is 14.3 Å². The van der Waals surface area contributed by atoms with Crippen LogP contribution in [0.15, 0.2) is 30.7 Å². The number of ether oxygens (including phenoxy) is 2. The predicted molar refractivity (Wildman–Crippen MR) is 127 cm³/mol. The first-order valence-electron chi connectivity index (χ1n) is 11.9. The number of nitrogens with zero attached hydrogens (tertiary/aromatic N) is 3. The number of rotatable bonds is 8. The maximum atomic E-state index is 13.6. The number of fused-ring (bicyclic) bond motifs is 1. The number of hydrogen-bond acceptors (Lipinski definition) is 6. The van der Waals surface area contributed by atoms with Crippen molar-refractivity contribution < 1.29 is 27.8 Å². The highest BCUT2D eigenvalue weighted by molar-refractivity contribution is 6.06. The van der Waals surface area contributed by atoms with Crippen LogP contribution in [0, 0.1) is 0 Å². The molecule has 1 saturated heterocycles. The molecule has 1 unspecified atom stereocenters. The molecular formula is C25H27F2N5O4. The van der Waals surface area contributed by atoms with E-state index in [0.717, 1.165) is 18.4 Å².